The number of rotatable bonds is 4. The van der Waals surface area contributed by atoms with Gasteiger partial charge in [0.15, 0.2) is 17.1 Å². The average molecular weight is 261 g/mol. The largest absolute Gasteiger partial charge is 0.294 e. The Labute approximate surface area is 111 Å². The number of benzene rings is 1. The van der Waals surface area contributed by atoms with Crippen LogP contribution in [0.1, 0.15) is 30.1 Å². The lowest BCUT2D eigenvalue weighted by atomic mass is 10.1. The molecule has 0 aliphatic carbocycles. The molecule has 4 nitrogen and oxygen atoms in total. The number of hydrogen-bond acceptors (Lipinski definition) is 4. The number of nitriles is 1. The Morgan fingerprint density at radius 1 is 1.44 bits per heavy atom. The van der Waals surface area contributed by atoms with Crippen molar-refractivity contribution in [1.29, 1.82) is 5.26 Å². The van der Waals surface area contributed by atoms with E-state index in [1.807, 2.05) is 19.4 Å². The fourth-order valence-corrected chi connectivity index (χ4v) is 1.73. The minimum Gasteiger partial charge on any atom is -0.294 e. The monoisotopic (exact) mass is 261 g/mol. The number of thioether (sulfide) groups is 1. The highest BCUT2D eigenvalue weighted by Gasteiger charge is 2.04. The molecule has 1 N–H and O–H groups in total. The molecular formula is C13H15N3OS. The van der Waals surface area contributed by atoms with Gasteiger partial charge in [0.1, 0.15) is 0 Å². The Morgan fingerprint density at radius 3 is 2.61 bits per heavy atom. The number of nitrogens with zero attached hydrogens (tertiary/aromatic N) is 2. The molecule has 94 valence electrons. The first kappa shape index (κ1) is 14.3. The van der Waals surface area contributed by atoms with Gasteiger partial charge in [-0.3, -0.25) is 10.1 Å². The number of aliphatic imine (C=N–C) groups is 1. The maximum Gasteiger partial charge on any atom is 0.183 e. The Balaban J connectivity index is 2.83. The third-order valence-electron chi connectivity index (χ3n) is 2.25. The molecule has 0 saturated heterocycles. The summed E-state index contributed by atoms with van der Waals surface area (Å²) in [4.78, 5) is 15.9. The lowest BCUT2D eigenvalue weighted by molar-refractivity contribution is 0.0982. The van der Waals surface area contributed by atoms with Crippen LogP contribution in [0.15, 0.2) is 29.3 Å². The molecule has 5 heteroatoms. The number of Topliss-reactive ketones (excluding diaryl/α,β-unsaturated/α-hetero) is 1. The van der Waals surface area contributed by atoms with Gasteiger partial charge in [0.05, 0.1) is 5.69 Å². The molecule has 0 aliphatic rings. The smallest absolute Gasteiger partial charge is 0.183 e. The molecule has 0 fully saturated rings. The molecule has 18 heavy (non-hydrogen) atoms. The summed E-state index contributed by atoms with van der Waals surface area (Å²) >= 11 is 1.36. The van der Waals surface area contributed by atoms with Crippen molar-refractivity contribution in [2.75, 3.05) is 6.26 Å². The fourth-order valence-electron chi connectivity index (χ4n) is 1.38. The summed E-state index contributed by atoms with van der Waals surface area (Å²) in [5, 5.41) is 11.5. The summed E-state index contributed by atoms with van der Waals surface area (Å²) in [5.74, 6) is 0.147. The lowest BCUT2D eigenvalue weighted by Gasteiger charge is -2.02. The van der Waals surface area contributed by atoms with Gasteiger partial charge >= 0.3 is 0 Å². The van der Waals surface area contributed by atoms with Crippen LogP contribution in [0.3, 0.4) is 0 Å². The third kappa shape index (κ3) is 4.22. The molecule has 0 aliphatic heterocycles. The van der Waals surface area contributed by atoms with Crippen LogP contribution in [-0.2, 0) is 0 Å². The molecule has 0 atom stereocenters. The topological polar surface area (TPSA) is 65.2 Å². The summed E-state index contributed by atoms with van der Waals surface area (Å²) in [7, 11) is 0. The first-order valence-electron chi connectivity index (χ1n) is 5.62. The first-order chi connectivity index (χ1) is 8.71. The SMILES string of the molecule is CCCC(=O)c1ccc(N=C(NC#N)SC)cc1. The van der Waals surface area contributed by atoms with Crippen molar-refractivity contribution in [1.82, 2.24) is 5.32 Å². The van der Waals surface area contributed by atoms with Crippen LogP contribution in [0.2, 0.25) is 0 Å². The quantitative estimate of drug-likeness (QED) is 0.297. The van der Waals surface area contributed by atoms with Crippen molar-refractivity contribution in [2.24, 2.45) is 4.99 Å². The van der Waals surface area contributed by atoms with E-state index in [1.54, 1.807) is 24.3 Å². The molecule has 0 heterocycles. The Bertz CT molecular complexity index is 474. The third-order valence-corrected chi connectivity index (χ3v) is 2.83. The normalized spacial score (nSPS) is 10.8. The maximum atomic E-state index is 11.6. The maximum absolute atomic E-state index is 11.6. The van der Waals surface area contributed by atoms with Crippen molar-refractivity contribution < 1.29 is 4.79 Å². The van der Waals surface area contributed by atoms with Crippen molar-refractivity contribution in [3.63, 3.8) is 0 Å². The van der Waals surface area contributed by atoms with E-state index in [0.29, 0.717) is 17.2 Å². The van der Waals surface area contributed by atoms with Crippen molar-refractivity contribution in [3.05, 3.63) is 29.8 Å². The van der Waals surface area contributed by atoms with E-state index in [1.165, 1.54) is 11.8 Å². The average Bonchev–Trinajstić information content (AvgIpc) is 2.39. The second-order valence-corrected chi connectivity index (χ2v) is 4.37. The predicted molar refractivity (Wildman–Crippen MR) is 75.0 cm³/mol. The van der Waals surface area contributed by atoms with Gasteiger partial charge in [-0.25, -0.2) is 4.99 Å². The summed E-state index contributed by atoms with van der Waals surface area (Å²) in [6.45, 7) is 1.98. The van der Waals surface area contributed by atoms with Gasteiger partial charge in [0.2, 0.25) is 0 Å². The van der Waals surface area contributed by atoms with Crippen LogP contribution in [0.5, 0.6) is 0 Å². The Kier molecular flexibility index (Phi) is 5.95. The molecule has 1 rings (SSSR count). The molecule has 1 aromatic rings. The highest BCUT2D eigenvalue weighted by molar-refractivity contribution is 8.13. The molecule has 0 radical (unpaired) electrons. The molecule has 0 spiro atoms. The highest BCUT2D eigenvalue weighted by Crippen LogP contribution is 2.16. The number of amidine groups is 1. The zero-order chi connectivity index (χ0) is 13.4. The van der Waals surface area contributed by atoms with Crippen LogP contribution in [0.25, 0.3) is 0 Å². The zero-order valence-corrected chi connectivity index (χ0v) is 11.3. The number of hydrogen-bond donors (Lipinski definition) is 1. The number of ketones is 1. The van der Waals surface area contributed by atoms with Crippen LogP contribution >= 0.6 is 11.8 Å². The zero-order valence-electron chi connectivity index (χ0n) is 10.4. The Morgan fingerprint density at radius 2 is 2.11 bits per heavy atom. The van der Waals surface area contributed by atoms with E-state index in [0.717, 1.165) is 12.1 Å². The first-order valence-corrected chi connectivity index (χ1v) is 6.84. The summed E-state index contributed by atoms with van der Waals surface area (Å²) in [5.41, 5.74) is 1.42. The molecule has 0 unspecified atom stereocenters. The number of nitrogens with one attached hydrogen (secondary N) is 1. The summed E-state index contributed by atoms with van der Waals surface area (Å²) in [6, 6.07) is 7.08. The van der Waals surface area contributed by atoms with Gasteiger partial charge in [0.25, 0.3) is 0 Å². The van der Waals surface area contributed by atoms with E-state index < -0.39 is 0 Å². The molecular weight excluding hydrogens is 246 g/mol. The minimum absolute atomic E-state index is 0.147. The number of carbonyl (C=O) groups excluding carboxylic acids is 1. The molecule has 0 aromatic heterocycles. The van der Waals surface area contributed by atoms with Gasteiger partial charge < -0.3 is 0 Å². The van der Waals surface area contributed by atoms with Crippen molar-refractivity contribution in [3.8, 4) is 6.19 Å². The molecule has 0 saturated carbocycles. The van der Waals surface area contributed by atoms with Crippen LogP contribution in [-0.4, -0.2) is 17.2 Å². The highest BCUT2D eigenvalue weighted by atomic mass is 32.2. The van der Waals surface area contributed by atoms with Gasteiger partial charge in [-0.15, -0.1) is 0 Å². The van der Waals surface area contributed by atoms with Gasteiger partial charge in [-0.1, -0.05) is 18.7 Å². The lowest BCUT2D eigenvalue weighted by Crippen LogP contribution is -2.12. The molecule has 0 bridgehead atoms. The summed E-state index contributed by atoms with van der Waals surface area (Å²) < 4.78 is 0. The second-order valence-electron chi connectivity index (χ2n) is 3.58. The van der Waals surface area contributed by atoms with E-state index in [2.05, 4.69) is 10.3 Å². The van der Waals surface area contributed by atoms with Crippen molar-refractivity contribution in [2.45, 2.75) is 19.8 Å². The molecule has 0 amide bonds. The fraction of sp³-hybridized carbons (Fsp3) is 0.308. The number of carbonyl (C=O) groups is 1. The van der Waals surface area contributed by atoms with E-state index in [9.17, 15) is 4.79 Å². The van der Waals surface area contributed by atoms with Crippen molar-refractivity contribution >= 4 is 28.4 Å². The minimum atomic E-state index is 0.147. The Hall–Kier alpha value is -1.80. The second kappa shape index (κ2) is 7.51. The van der Waals surface area contributed by atoms with Gasteiger partial charge in [-0.05, 0) is 36.9 Å². The standard InChI is InChI=1S/C13H15N3OS/c1-3-4-12(17)10-5-7-11(8-6-10)16-13(18-2)15-9-14/h5-8H,3-4H2,1-2H3,(H,15,16). The predicted octanol–water partition coefficient (Wildman–Crippen LogP) is 3.09. The van der Waals surface area contributed by atoms with E-state index in [-0.39, 0.29) is 5.78 Å². The van der Waals surface area contributed by atoms with Crippen LogP contribution in [0.4, 0.5) is 5.69 Å². The van der Waals surface area contributed by atoms with Gasteiger partial charge in [-0.2, -0.15) is 5.26 Å². The van der Waals surface area contributed by atoms with Gasteiger partial charge in [0, 0.05) is 12.0 Å². The summed E-state index contributed by atoms with van der Waals surface area (Å²) in [6.07, 6.45) is 5.08. The van der Waals surface area contributed by atoms with Crippen LogP contribution in [0, 0.1) is 11.5 Å². The van der Waals surface area contributed by atoms with Crippen LogP contribution < -0.4 is 5.32 Å². The van der Waals surface area contributed by atoms with E-state index in [4.69, 9.17) is 5.26 Å². The van der Waals surface area contributed by atoms with E-state index >= 15 is 0 Å². The molecule has 1 aromatic carbocycles.